The van der Waals surface area contributed by atoms with Gasteiger partial charge < -0.3 is 9.47 Å². The van der Waals surface area contributed by atoms with Crippen LogP contribution in [0.15, 0.2) is 23.8 Å². The Labute approximate surface area is 71.4 Å². The Hall–Kier alpha value is -0.310. The maximum atomic E-state index is 5.38. The van der Waals surface area contributed by atoms with Crippen LogP contribution in [0.2, 0.25) is 0 Å². The zero-order chi connectivity index (χ0) is 8.32. The van der Waals surface area contributed by atoms with E-state index in [2.05, 4.69) is 6.58 Å². The molecule has 1 aliphatic rings. The van der Waals surface area contributed by atoms with Gasteiger partial charge in [-0.3, -0.25) is 0 Å². The van der Waals surface area contributed by atoms with Gasteiger partial charge in [-0.1, -0.05) is 18.2 Å². The van der Waals surface area contributed by atoms with E-state index in [4.69, 9.17) is 21.1 Å². The molecular formula is C8H11ClO2. The molecule has 62 valence electrons. The molecule has 0 aromatic carbocycles. The number of halogens is 1. The molecule has 11 heavy (non-hydrogen) atoms. The van der Waals surface area contributed by atoms with Gasteiger partial charge in [0, 0.05) is 11.1 Å². The zero-order valence-corrected chi connectivity index (χ0v) is 7.23. The Balaban J connectivity index is 2.63. The SMILES string of the molecule is C=C(/C=C/Cl)C1(C)OCCO1. The van der Waals surface area contributed by atoms with Crippen molar-refractivity contribution in [3.05, 3.63) is 23.8 Å². The smallest absolute Gasteiger partial charge is 0.191 e. The van der Waals surface area contributed by atoms with Crippen LogP contribution in [0.1, 0.15) is 6.92 Å². The van der Waals surface area contributed by atoms with Gasteiger partial charge in [-0.05, 0) is 13.0 Å². The maximum Gasteiger partial charge on any atom is 0.191 e. The normalized spacial score (nSPS) is 22.7. The number of hydrogen-bond acceptors (Lipinski definition) is 2. The number of rotatable bonds is 2. The quantitative estimate of drug-likeness (QED) is 0.597. The Bertz CT molecular complexity index is 181. The number of ether oxygens (including phenoxy) is 2. The van der Waals surface area contributed by atoms with Crippen molar-refractivity contribution in [2.24, 2.45) is 0 Å². The first-order valence-electron chi connectivity index (χ1n) is 3.43. The Kier molecular flexibility index (Phi) is 2.71. The lowest BCUT2D eigenvalue weighted by atomic mass is 10.1. The molecule has 2 nitrogen and oxygen atoms in total. The van der Waals surface area contributed by atoms with Crippen molar-refractivity contribution in [2.45, 2.75) is 12.7 Å². The van der Waals surface area contributed by atoms with Crippen molar-refractivity contribution in [3.8, 4) is 0 Å². The first-order chi connectivity index (χ1) is 5.19. The molecule has 0 aromatic rings. The summed E-state index contributed by atoms with van der Waals surface area (Å²) in [6.45, 7) is 6.84. The van der Waals surface area contributed by atoms with Crippen molar-refractivity contribution in [1.29, 1.82) is 0 Å². The molecule has 3 heteroatoms. The van der Waals surface area contributed by atoms with Gasteiger partial charge in [0.05, 0.1) is 13.2 Å². The fourth-order valence-corrected chi connectivity index (χ4v) is 1.08. The highest BCUT2D eigenvalue weighted by Gasteiger charge is 2.32. The molecule has 0 atom stereocenters. The second-order valence-electron chi connectivity index (χ2n) is 2.46. The molecule has 0 radical (unpaired) electrons. The van der Waals surface area contributed by atoms with Crippen molar-refractivity contribution < 1.29 is 9.47 Å². The average Bonchev–Trinajstić information content (AvgIpc) is 2.38. The van der Waals surface area contributed by atoms with Crippen molar-refractivity contribution >= 4 is 11.6 Å². The summed E-state index contributed by atoms with van der Waals surface area (Å²) in [5.41, 5.74) is 2.14. The second kappa shape index (κ2) is 3.39. The van der Waals surface area contributed by atoms with Gasteiger partial charge in [-0.25, -0.2) is 0 Å². The highest BCUT2D eigenvalue weighted by atomic mass is 35.5. The molecule has 0 N–H and O–H groups in total. The van der Waals surface area contributed by atoms with E-state index in [9.17, 15) is 0 Å². The van der Waals surface area contributed by atoms with Crippen molar-refractivity contribution in [3.63, 3.8) is 0 Å². The maximum absolute atomic E-state index is 5.38. The molecule has 1 saturated heterocycles. The third-order valence-electron chi connectivity index (χ3n) is 1.69. The van der Waals surface area contributed by atoms with E-state index in [1.165, 1.54) is 5.54 Å². The lowest BCUT2D eigenvalue weighted by Gasteiger charge is -2.22. The van der Waals surface area contributed by atoms with E-state index in [0.29, 0.717) is 13.2 Å². The van der Waals surface area contributed by atoms with Crippen LogP contribution in [-0.4, -0.2) is 19.0 Å². The van der Waals surface area contributed by atoms with Gasteiger partial charge >= 0.3 is 0 Å². The van der Waals surface area contributed by atoms with Crippen LogP contribution in [0.3, 0.4) is 0 Å². The van der Waals surface area contributed by atoms with Crippen molar-refractivity contribution in [2.75, 3.05) is 13.2 Å². The largest absolute Gasteiger partial charge is 0.344 e. The van der Waals surface area contributed by atoms with E-state index in [-0.39, 0.29) is 0 Å². The monoisotopic (exact) mass is 174 g/mol. The van der Waals surface area contributed by atoms with Gasteiger partial charge in [-0.15, -0.1) is 0 Å². The van der Waals surface area contributed by atoms with Gasteiger partial charge in [0.1, 0.15) is 0 Å². The predicted octanol–water partition coefficient (Wildman–Crippen LogP) is 2.06. The summed E-state index contributed by atoms with van der Waals surface area (Å²) in [6, 6.07) is 0. The van der Waals surface area contributed by atoms with Crippen LogP contribution in [0.5, 0.6) is 0 Å². The van der Waals surface area contributed by atoms with E-state index >= 15 is 0 Å². The Morgan fingerprint density at radius 2 is 2.09 bits per heavy atom. The summed E-state index contributed by atoms with van der Waals surface area (Å²) in [6.07, 6.45) is 1.67. The summed E-state index contributed by atoms with van der Waals surface area (Å²) >= 11 is 5.38. The van der Waals surface area contributed by atoms with Gasteiger partial charge in [-0.2, -0.15) is 0 Å². The van der Waals surface area contributed by atoms with Crippen LogP contribution in [0.4, 0.5) is 0 Å². The van der Waals surface area contributed by atoms with E-state index in [0.717, 1.165) is 5.57 Å². The molecule has 1 aliphatic heterocycles. The molecule has 1 fully saturated rings. The lowest BCUT2D eigenvalue weighted by Crippen LogP contribution is -2.26. The highest BCUT2D eigenvalue weighted by Crippen LogP contribution is 2.26. The summed E-state index contributed by atoms with van der Waals surface area (Å²) < 4.78 is 10.6. The first kappa shape index (κ1) is 8.78. The molecule has 0 bridgehead atoms. The molecular weight excluding hydrogens is 164 g/mol. The first-order valence-corrected chi connectivity index (χ1v) is 3.87. The molecule has 1 rings (SSSR count). The standard InChI is InChI=1S/C8H11ClO2/c1-7(3-4-9)8(2)10-5-6-11-8/h3-4H,1,5-6H2,2H3/b4-3+. The van der Waals surface area contributed by atoms with Crippen LogP contribution in [0.25, 0.3) is 0 Å². The molecule has 0 aromatic heterocycles. The van der Waals surface area contributed by atoms with Gasteiger partial charge in [0.25, 0.3) is 0 Å². The minimum Gasteiger partial charge on any atom is -0.344 e. The summed E-state index contributed by atoms with van der Waals surface area (Å²) in [5.74, 6) is -0.661. The fourth-order valence-electron chi connectivity index (χ4n) is 0.927. The van der Waals surface area contributed by atoms with Crippen LogP contribution in [-0.2, 0) is 9.47 Å². The van der Waals surface area contributed by atoms with Gasteiger partial charge in [0.2, 0.25) is 0 Å². The summed E-state index contributed by atoms with van der Waals surface area (Å²) in [4.78, 5) is 0. The minimum atomic E-state index is -0.661. The van der Waals surface area contributed by atoms with E-state index in [1.807, 2.05) is 6.92 Å². The fraction of sp³-hybridized carbons (Fsp3) is 0.500. The van der Waals surface area contributed by atoms with Crippen LogP contribution >= 0.6 is 11.6 Å². The molecule has 1 heterocycles. The number of hydrogen-bond donors (Lipinski definition) is 0. The summed E-state index contributed by atoms with van der Waals surface area (Å²) in [5, 5.41) is 0. The van der Waals surface area contributed by atoms with Crippen LogP contribution < -0.4 is 0 Å². The Morgan fingerprint density at radius 3 is 2.55 bits per heavy atom. The minimum absolute atomic E-state index is 0.617. The highest BCUT2D eigenvalue weighted by molar-refractivity contribution is 6.25. The second-order valence-corrected chi connectivity index (χ2v) is 2.71. The third kappa shape index (κ3) is 1.83. The topological polar surface area (TPSA) is 18.5 Å². The zero-order valence-electron chi connectivity index (χ0n) is 6.47. The predicted molar refractivity (Wildman–Crippen MR) is 44.4 cm³/mol. The van der Waals surface area contributed by atoms with Gasteiger partial charge in [0.15, 0.2) is 5.79 Å². The molecule has 0 saturated carbocycles. The average molecular weight is 175 g/mol. The van der Waals surface area contributed by atoms with E-state index in [1.54, 1.807) is 6.08 Å². The summed E-state index contributed by atoms with van der Waals surface area (Å²) in [7, 11) is 0. The van der Waals surface area contributed by atoms with Crippen LogP contribution in [0, 0.1) is 0 Å². The third-order valence-corrected chi connectivity index (χ3v) is 1.81. The van der Waals surface area contributed by atoms with E-state index < -0.39 is 5.79 Å². The molecule has 0 unspecified atom stereocenters. The van der Waals surface area contributed by atoms with Crippen molar-refractivity contribution in [1.82, 2.24) is 0 Å². The molecule has 0 spiro atoms. The molecule has 0 aliphatic carbocycles. The molecule has 0 amide bonds. The Morgan fingerprint density at radius 1 is 1.55 bits per heavy atom. The lowest BCUT2D eigenvalue weighted by molar-refractivity contribution is -0.106.